The normalized spacial score (nSPS) is 8.93. The third-order valence-corrected chi connectivity index (χ3v) is 1.77. The molecule has 14 heavy (non-hydrogen) atoms. The number of esters is 1. The van der Waals surface area contributed by atoms with Crippen molar-refractivity contribution in [3.8, 4) is 0 Å². The molecule has 0 aliphatic rings. The molecule has 0 aromatic heterocycles. The highest BCUT2D eigenvalue weighted by Gasteiger charge is 2.16. The van der Waals surface area contributed by atoms with E-state index < -0.39 is 5.97 Å². The van der Waals surface area contributed by atoms with Crippen molar-refractivity contribution < 1.29 is 14.3 Å². The zero-order valence-corrected chi connectivity index (χ0v) is 7.80. The number of carbonyl (C=O) groups excluding carboxylic acids is 1. The summed E-state index contributed by atoms with van der Waals surface area (Å²) >= 11 is 0. The highest BCUT2D eigenvalue weighted by molar-refractivity contribution is 6.06. The summed E-state index contributed by atoms with van der Waals surface area (Å²) in [5.41, 5.74) is 9.72. The van der Waals surface area contributed by atoms with Crippen LogP contribution in [0.15, 0.2) is 30.3 Å². The zero-order chi connectivity index (χ0) is 10.4. The lowest BCUT2D eigenvalue weighted by Crippen LogP contribution is -2.11. The number of hydrogen-bond acceptors (Lipinski definition) is 2. The van der Waals surface area contributed by atoms with Gasteiger partial charge in [0.15, 0.2) is 0 Å². The number of nitrogens with zero attached hydrogens (tertiary/aromatic N) is 2. The minimum absolute atomic E-state index is 0.0307. The molecule has 0 radical (unpaired) electrons. The van der Waals surface area contributed by atoms with Gasteiger partial charge in [0.2, 0.25) is 0 Å². The van der Waals surface area contributed by atoms with Gasteiger partial charge in [0.1, 0.15) is 6.42 Å². The van der Waals surface area contributed by atoms with Gasteiger partial charge in [0.05, 0.1) is 12.7 Å². The Bertz CT molecular complexity index is 367. The highest BCUT2D eigenvalue weighted by Crippen LogP contribution is 2.02. The van der Waals surface area contributed by atoms with Crippen LogP contribution in [0.1, 0.15) is 12.0 Å². The van der Waals surface area contributed by atoms with Crippen LogP contribution in [-0.2, 0) is 9.53 Å². The second-order valence-corrected chi connectivity index (χ2v) is 2.67. The summed E-state index contributed by atoms with van der Waals surface area (Å²) in [4.78, 5) is 14.0. The lowest BCUT2D eigenvalue weighted by molar-refractivity contribution is -0.139. The first-order valence-electron chi connectivity index (χ1n) is 4.11. The summed E-state index contributed by atoms with van der Waals surface area (Å²) < 4.78 is 4.47. The van der Waals surface area contributed by atoms with Gasteiger partial charge in [-0.25, -0.2) is 0 Å². The first-order valence-corrected chi connectivity index (χ1v) is 4.11. The van der Waals surface area contributed by atoms with E-state index in [4.69, 9.17) is 5.53 Å². The molecule has 0 saturated carbocycles. The minimum atomic E-state index is -0.429. The third-order valence-electron chi connectivity index (χ3n) is 1.77. The van der Waals surface area contributed by atoms with Crippen molar-refractivity contribution in [1.82, 2.24) is 0 Å². The SMILES string of the molecule is COC(=O)CC(=[N+]=[N-])c1ccccc1. The minimum Gasteiger partial charge on any atom is -0.469 e. The van der Waals surface area contributed by atoms with Gasteiger partial charge in [-0.15, -0.1) is 0 Å². The van der Waals surface area contributed by atoms with Crippen LogP contribution in [-0.4, -0.2) is 23.6 Å². The van der Waals surface area contributed by atoms with E-state index in [-0.39, 0.29) is 6.42 Å². The summed E-state index contributed by atoms with van der Waals surface area (Å²) in [5.74, 6) is -0.429. The second kappa shape index (κ2) is 4.94. The molecule has 1 aromatic rings. The molecule has 0 unspecified atom stereocenters. The summed E-state index contributed by atoms with van der Waals surface area (Å²) in [6.07, 6.45) is -0.0307. The van der Waals surface area contributed by atoms with E-state index in [1.54, 1.807) is 24.3 Å². The maximum absolute atomic E-state index is 10.9. The van der Waals surface area contributed by atoms with Crippen molar-refractivity contribution >= 4 is 11.7 Å². The molecule has 0 fully saturated rings. The monoisotopic (exact) mass is 190 g/mol. The number of carbonyl (C=O) groups is 1. The van der Waals surface area contributed by atoms with E-state index in [9.17, 15) is 4.79 Å². The average Bonchev–Trinajstić information content (AvgIpc) is 2.26. The number of hydrogen-bond donors (Lipinski definition) is 0. The number of benzene rings is 1. The van der Waals surface area contributed by atoms with Crippen molar-refractivity contribution in [3.05, 3.63) is 41.4 Å². The van der Waals surface area contributed by atoms with Crippen molar-refractivity contribution in [3.63, 3.8) is 0 Å². The molecule has 0 amide bonds. The molecule has 0 spiro atoms. The van der Waals surface area contributed by atoms with Crippen LogP contribution in [0.25, 0.3) is 5.53 Å². The lowest BCUT2D eigenvalue weighted by atomic mass is 10.1. The second-order valence-electron chi connectivity index (χ2n) is 2.67. The summed E-state index contributed by atoms with van der Waals surface area (Å²) in [6, 6.07) is 8.97. The molecule has 4 nitrogen and oxygen atoms in total. The van der Waals surface area contributed by atoms with Gasteiger partial charge in [0.25, 0.3) is 0 Å². The molecule has 72 valence electrons. The van der Waals surface area contributed by atoms with Crippen LogP contribution in [0, 0.1) is 0 Å². The van der Waals surface area contributed by atoms with Gasteiger partial charge < -0.3 is 10.3 Å². The van der Waals surface area contributed by atoms with Gasteiger partial charge >= 0.3 is 11.7 Å². The Morgan fingerprint density at radius 2 is 2.07 bits per heavy atom. The molecule has 1 rings (SSSR count). The Labute approximate surface area is 81.7 Å². The van der Waals surface area contributed by atoms with E-state index in [1.807, 2.05) is 6.07 Å². The van der Waals surface area contributed by atoms with Crippen molar-refractivity contribution in [1.29, 1.82) is 0 Å². The zero-order valence-electron chi connectivity index (χ0n) is 7.80. The number of methoxy groups -OCH3 is 1. The molecule has 0 heterocycles. The van der Waals surface area contributed by atoms with Crippen LogP contribution < -0.4 is 0 Å². The van der Waals surface area contributed by atoms with Crippen LogP contribution in [0.5, 0.6) is 0 Å². The summed E-state index contributed by atoms with van der Waals surface area (Å²) in [7, 11) is 1.29. The highest BCUT2D eigenvalue weighted by atomic mass is 16.5. The number of ether oxygens (including phenoxy) is 1. The predicted octanol–water partition coefficient (Wildman–Crippen LogP) is 1.27. The van der Waals surface area contributed by atoms with Crippen LogP contribution in [0.4, 0.5) is 0 Å². The molecule has 4 heteroatoms. The Morgan fingerprint density at radius 3 is 2.57 bits per heavy atom. The Morgan fingerprint density at radius 1 is 1.43 bits per heavy atom. The fourth-order valence-electron chi connectivity index (χ4n) is 1.03. The Hall–Kier alpha value is -1.93. The van der Waals surface area contributed by atoms with Crippen molar-refractivity contribution in [2.75, 3.05) is 7.11 Å². The third kappa shape index (κ3) is 2.54. The molecule has 1 aromatic carbocycles. The van der Waals surface area contributed by atoms with Crippen molar-refractivity contribution in [2.45, 2.75) is 6.42 Å². The van der Waals surface area contributed by atoms with E-state index >= 15 is 0 Å². The van der Waals surface area contributed by atoms with Gasteiger partial charge in [-0.3, -0.25) is 4.79 Å². The quantitative estimate of drug-likeness (QED) is 0.312. The van der Waals surface area contributed by atoms with Crippen molar-refractivity contribution in [2.24, 2.45) is 0 Å². The van der Waals surface area contributed by atoms with Crippen LogP contribution >= 0.6 is 0 Å². The Balaban J connectivity index is 2.85. The largest absolute Gasteiger partial charge is 0.469 e. The van der Waals surface area contributed by atoms with E-state index in [0.29, 0.717) is 11.3 Å². The average molecular weight is 190 g/mol. The maximum atomic E-state index is 10.9. The topological polar surface area (TPSA) is 62.7 Å². The molecule has 0 bridgehead atoms. The standard InChI is InChI=1S/C10H10N2O2/c1-14-10(13)7-9(12-11)8-5-3-2-4-6-8/h2-6H,7H2,1H3. The maximum Gasteiger partial charge on any atom is 0.317 e. The van der Waals surface area contributed by atoms with Gasteiger partial charge in [-0.1, -0.05) is 18.2 Å². The first kappa shape index (κ1) is 10.2. The Kier molecular flexibility index (Phi) is 3.58. The molecular weight excluding hydrogens is 180 g/mol. The van der Waals surface area contributed by atoms with E-state index in [1.165, 1.54) is 7.11 Å². The van der Waals surface area contributed by atoms with Crippen LogP contribution in [0.3, 0.4) is 0 Å². The molecular formula is C10H10N2O2. The lowest BCUT2D eigenvalue weighted by Gasteiger charge is -1.95. The van der Waals surface area contributed by atoms with E-state index in [2.05, 4.69) is 9.53 Å². The molecule has 0 atom stereocenters. The smallest absolute Gasteiger partial charge is 0.317 e. The molecule has 0 aliphatic heterocycles. The molecule has 0 N–H and O–H groups in total. The van der Waals surface area contributed by atoms with Gasteiger partial charge in [-0.05, 0) is 12.1 Å². The fraction of sp³-hybridized carbons (Fsp3) is 0.200. The summed E-state index contributed by atoms with van der Waals surface area (Å²) in [5, 5.41) is 0. The van der Waals surface area contributed by atoms with Gasteiger partial charge in [-0.2, -0.15) is 4.79 Å². The molecule has 0 saturated heterocycles. The predicted molar refractivity (Wildman–Crippen MR) is 50.8 cm³/mol. The van der Waals surface area contributed by atoms with Crippen LogP contribution in [0.2, 0.25) is 0 Å². The summed E-state index contributed by atoms with van der Waals surface area (Å²) in [6.45, 7) is 0. The van der Waals surface area contributed by atoms with Gasteiger partial charge in [0, 0.05) is 0 Å². The number of rotatable bonds is 3. The molecule has 0 aliphatic carbocycles. The first-order chi connectivity index (χ1) is 6.77. The van der Waals surface area contributed by atoms with E-state index in [0.717, 1.165) is 0 Å². The fourth-order valence-corrected chi connectivity index (χ4v) is 1.03.